The summed E-state index contributed by atoms with van der Waals surface area (Å²) in [5.74, 6) is 0. The normalized spacial score (nSPS) is 14.2. The zero-order valence-corrected chi connectivity index (χ0v) is 9.73. The van der Waals surface area contributed by atoms with Crippen molar-refractivity contribution in [3.8, 4) is 0 Å². The highest BCUT2D eigenvalue weighted by Gasteiger charge is 2.21. The number of nitrogens with two attached hydrogens (primary N) is 1. The summed E-state index contributed by atoms with van der Waals surface area (Å²) in [6.45, 7) is 2.12. The lowest BCUT2D eigenvalue weighted by Crippen LogP contribution is -2.07. The lowest BCUT2D eigenvalue weighted by Gasteiger charge is -2.02. The summed E-state index contributed by atoms with van der Waals surface area (Å²) in [7, 11) is -3.08. The zero-order chi connectivity index (χ0) is 10.8. The van der Waals surface area contributed by atoms with E-state index in [1.54, 1.807) is 6.92 Å². The molecule has 0 aliphatic heterocycles. The molecule has 5 nitrogen and oxygen atoms in total. The van der Waals surface area contributed by atoms with E-state index in [2.05, 4.69) is 10.2 Å². The average Bonchev–Trinajstić information content (AvgIpc) is 2.50. The molecule has 1 rings (SSSR count). The number of rotatable bonds is 4. The van der Waals surface area contributed by atoms with Crippen molar-refractivity contribution >= 4 is 21.2 Å². The quantitative estimate of drug-likeness (QED) is 0.802. The van der Waals surface area contributed by atoms with Crippen molar-refractivity contribution in [2.24, 2.45) is 5.73 Å². The van der Waals surface area contributed by atoms with Crippen molar-refractivity contribution < 1.29 is 8.42 Å². The summed E-state index contributed by atoms with van der Waals surface area (Å²) in [6.07, 6.45) is 1.84. The van der Waals surface area contributed by atoms with Gasteiger partial charge in [-0.3, -0.25) is 0 Å². The summed E-state index contributed by atoms with van der Waals surface area (Å²) in [4.78, 5) is 0. The van der Waals surface area contributed by atoms with E-state index in [9.17, 15) is 8.42 Å². The van der Waals surface area contributed by atoms with Crippen LogP contribution in [0.2, 0.25) is 0 Å². The number of hydrogen-bond acceptors (Lipinski definition) is 6. The Morgan fingerprint density at radius 2 is 2.14 bits per heavy atom. The van der Waals surface area contributed by atoms with Crippen LogP contribution in [0.1, 0.15) is 22.2 Å². The van der Waals surface area contributed by atoms with Gasteiger partial charge in [0.25, 0.3) is 0 Å². The minimum absolute atomic E-state index is 0.502. The molecule has 0 saturated heterocycles. The van der Waals surface area contributed by atoms with Crippen LogP contribution in [-0.4, -0.2) is 31.4 Å². The molecule has 0 aliphatic rings. The number of sulfone groups is 1. The molecule has 1 unspecified atom stereocenters. The van der Waals surface area contributed by atoms with Gasteiger partial charge in [-0.1, -0.05) is 0 Å². The molecule has 1 aromatic rings. The number of nitrogens with zero attached hydrogens (tertiary/aromatic N) is 2. The topological polar surface area (TPSA) is 85.9 Å². The van der Waals surface area contributed by atoms with Gasteiger partial charge in [-0.2, -0.15) is 0 Å². The van der Waals surface area contributed by atoms with E-state index in [-0.39, 0.29) is 0 Å². The van der Waals surface area contributed by atoms with E-state index in [4.69, 9.17) is 5.73 Å². The summed E-state index contributed by atoms with van der Waals surface area (Å²) in [5, 5.41) is 8.45. The molecule has 1 aromatic heterocycles. The Hall–Kier alpha value is -0.530. The Morgan fingerprint density at radius 3 is 2.64 bits per heavy atom. The fraction of sp³-hybridized carbons (Fsp3) is 0.714. The highest BCUT2D eigenvalue weighted by Crippen LogP contribution is 2.24. The molecule has 1 atom stereocenters. The van der Waals surface area contributed by atoms with Crippen LogP contribution < -0.4 is 5.73 Å². The van der Waals surface area contributed by atoms with Gasteiger partial charge in [-0.25, -0.2) is 8.42 Å². The Bertz CT molecular complexity index is 399. The van der Waals surface area contributed by atoms with Gasteiger partial charge in [0.1, 0.15) is 15.3 Å². The first-order valence-corrected chi connectivity index (χ1v) is 6.93. The molecule has 0 saturated carbocycles. The molecule has 1 heterocycles. The fourth-order valence-corrected chi connectivity index (χ4v) is 2.71. The van der Waals surface area contributed by atoms with Crippen LogP contribution in [0.4, 0.5) is 0 Å². The van der Waals surface area contributed by atoms with Gasteiger partial charge in [0.2, 0.25) is 0 Å². The summed E-state index contributed by atoms with van der Waals surface area (Å²) in [6, 6.07) is 0. The molecule has 0 aliphatic carbocycles. The molecule has 14 heavy (non-hydrogen) atoms. The van der Waals surface area contributed by atoms with E-state index >= 15 is 0 Å². The Kier molecular flexibility index (Phi) is 3.57. The van der Waals surface area contributed by atoms with Crippen molar-refractivity contribution in [3.05, 3.63) is 10.0 Å². The summed E-state index contributed by atoms with van der Waals surface area (Å²) < 4.78 is 22.4. The maximum absolute atomic E-state index is 11.2. The minimum Gasteiger partial charge on any atom is -0.330 e. The van der Waals surface area contributed by atoms with Gasteiger partial charge < -0.3 is 5.73 Å². The summed E-state index contributed by atoms with van der Waals surface area (Å²) >= 11 is 1.31. The zero-order valence-electron chi connectivity index (χ0n) is 8.10. The van der Waals surface area contributed by atoms with Gasteiger partial charge >= 0.3 is 0 Å². The maximum Gasteiger partial charge on any atom is 0.156 e. The first-order chi connectivity index (χ1) is 6.45. The van der Waals surface area contributed by atoms with Crippen LogP contribution in [0.3, 0.4) is 0 Å². The average molecular weight is 235 g/mol. The van der Waals surface area contributed by atoms with Crippen molar-refractivity contribution in [2.75, 3.05) is 12.8 Å². The van der Waals surface area contributed by atoms with Crippen LogP contribution >= 0.6 is 11.3 Å². The van der Waals surface area contributed by atoms with Crippen molar-refractivity contribution in [1.29, 1.82) is 0 Å². The maximum atomic E-state index is 11.2. The highest BCUT2D eigenvalue weighted by atomic mass is 32.2. The Balaban J connectivity index is 2.87. The highest BCUT2D eigenvalue weighted by molar-refractivity contribution is 7.91. The first kappa shape index (κ1) is 11.5. The molecule has 0 fully saturated rings. The molecular weight excluding hydrogens is 222 g/mol. The van der Waals surface area contributed by atoms with Gasteiger partial charge in [0.15, 0.2) is 9.84 Å². The van der Waals surface area contributed by atoms with Gasteiger partial charge in [-0.15, -0.1) is 21.5 Å². The molecular formula is C7H13N3O2S2. The van der Waals surface area contributed by atoms with Crippen molar-refractivity contribution in [2.45, 2.75) is 18.6 Å². The number of hydrogen-bond donors (Lipinski definition) is 1. The third-order valence-corrected chi connectivity index (χ3v) is 4.65. The Labute approximate surface area is 87.3 Å². The molecule has 7 heteroatoms. The molecule has 0 radical (unpaired) electrons. The van der Waals surface area contributed by atoms with Crippen LogP contribution in [-0.2, 0) is 16.3 Å². The van der Waals surface area contributed by atoms with Crippen LogP contribution in [0.5, 0.6) is 0 Å². The third kappa shape index (κ3) is 2.73. The lowest BCUT2D eigenvalue weighted by molar-refractivity contribution is 0.591. The molecule has 80 valence electrons. The van der Waals surface area contributed by atoms with E-state index in [1.165, 1.54) is 17.6 Å². The SMILES string of the molecule is CC(c1nnc(CCN)s1)S(C)(=O)=O. The van der Waals surface area contributed by atoms with E-state index in [0.717, 1.165) is 5.01 Å². The van der Waals surface area contributed by atoms with Gasteiger partial charge in [-0.05, 0) is 13.5 Å². The fourth-order valence-electron chi connectivity index (χ4n) is 0.839. The monoisotopic (exact) mass is 235 g/mol. The van der Waals surface area contributed by atoms with E-state index in [0.29, 0.717) is 18.0 Å². The van der Waals surface area contributed by atoms with E-state index < -0.39 is 15.1 Å². The molecule has 0 aromatic carbocycles. The molecule has 0 bridgehead atoms. The largest absolute Gasteiger partial charge is 0.330 e. The second-order valence-electron chi connectivity index (χ2n) is 3.04. The third-order valence-electron chi connectivity index (χ3n) is 1.83. The first-order valence-electron chi connectivity index (χ1n) is 4.16. The smallest absolute Gasteiger partial charge is 0.156 e. The van der Waals surface area contributed by atoms with Crippen LogP contribution in [0, 0.1) is 0 Å². The second-order valence-corrected chi connectivity index (χ2v) is 6.50. The predicted octanol–water partition coefficient (Wildman–Crippen LogP) is 0.145. The molecule has 2 N–H and O–H groups in total. The lowest BCUT2D eigenvalue weighted by atomic mass is 10.5. The van der Waals surface area contributed by atoms with Crippen LogP contribution in [0.15, 0.2) is 0 Å². The molecule has 0 spiro atoms. The molecule has 0 amide bonds. The standard InChI is InChI=1S/C7H13N3O2S2/c1-5(14(2,11)12)7-10-9-6(13-7)3-4-8/h5H,3-4,8H2,1-2H3. The Morgan fingerprint density at radius 1 is 1.50 bits per heavy atom. The predicted molar refractivity (Wildman–Crippen MR) is 55.9 cm³/mol. The van der Waals surface area contributed by atoms with Crippen molar-refractivity contribution in [3.63, 3.8) is 0 Å². The van der Waals surface area contributed by atoms with E-state index in [1.807, 2.05) is 0 Å². The van der Waals surface area contributed by atoms with Gasteiger partial charge in [0, 0.05) is 12.7 Å². The van der Waals surface area contributed by atoms with Crippen molar-refractivity contribution in [1.82, 2.24) is 10.2 Å². The van der Waals surface area contributed by atoms with Gasteiger partial charge in [0.05, 0.1) is 0 Å². The second kappa shape index (κ2) is 4.33. The number of aromatic nitrogens is 2. The van der Waals surface area contributed by atoms with Crippen LogP contribution in [0.25, 0.3) is 0 Å². The summed E-state index contributed by atoms with van der Waals surface area (Å²) in [5.41, 5.74) is 5.35. The minimum atomic E-state index is -3.08.